The summed E-state index contributed by atoms with van der Waals surface area (Å²) < 4.78 is 5.31. The number of benzene rings is 2. The van der Waals surface area contributed by atoms with E-state index in [9.17, 15) is 0 Å². The van der Waals surface area contributed by atoms with Crippen molar-refractivity contribution in [3.05, 3.63) is 48.5 Å². The molecule has 0 atom stereocenters. The number of terminal acetylenes is 1. The molecule has 0 aromatic heterocycles. The zero-order chi connectivity index (χ0) is 12.1. The summed E-state index contributed by atoms with van der Waals surface area (Å²) in [5.41, 5.74) is 8.77. The zero-order valence-electron chi connectivity index (χ0n) is 9.39. The fraction of sp³-hybridized carbons (Fsp3) is 0.0667. The molecule has 0 saturated heterocycles. The van der Waals surface area contributed by atoms with Crippen molar-refractivity contribution in [1.82, 2.24) is 0 Å². The maximum Gasteiger partial charge on any atom is 0.148 e. The van der Waals surface area contributed by atoms with E-state index >= 15 is 0 Å². The second-order valence-corrected chi connectivity index (χ2v) is 3.60. The van der Waals surface area contributed by atoms with E-state index in [1.54, 1.807) is 0 Å². The molecule has 2 nitrogen and oxygen atoms in total. The summed E-state index contributed by atoms with van der Waals surface area (Å²) in [6.07, 6.45) is 5.13. The highest BCUT2D eigenvalue weighted by atomic mass is 16.5. The second kappa shape index (κ2) is 5.09. The molecule has 0 unspecified atom stereocenters. The van der Waals surface area contributed by atoms with E-state index in [2.05, 4.69) is 5.92 Å². The van der Waals surface area contributed by atoms with Gasteiger partial charge in [-0.25, -0.2) is 0 Å². The van der Waals surface area contributed by atoms with Gasteiger partial charge in [0.05, 0.1) is 0 Å². The Bertz CT molecular complexity index is 538. The molecule has 0 bridgehead atoms. The number of hydrogen-bond donors (Lipinski definition) is 1. The van der Waals surface area contributed by atoms with Crippen molar-refractivity contribution in [3.63, 3.8) is 0 Å². The van der Waals surface area contributed by atoms with Crippen molar-refractivity contribution in [2.75, 3.05) is 12.3 Å². The molecule has 0 radical (unpaired) electrons. The largest absolute Gasteiger partial charge is 0.481 e. The molecule has 2 rings (SSSR count). The van der Waals surface area contributed by atoms with E-state index in [0.29, 0.717) is 0 Å². The van der Waals surface area contributed by atoms with Crippen LogP contribution in [0.4, 0.5) is 5.69 Å². The smallest absolute Gasteiger partial charge is 0.148 e. The highest BCUT2D eigenvalue weighted by molar-refractivity contribution is 5.76. The Morgan fingerprint density at radius 1 is 1.06 bits per heavy atom. The van der Waals surface area contributed by atoms with Gasteiger partial charge in [-0.2, -0.15) is 0 Å². The van der Waals surface area contributed by atoms with Crippen LogP contribution in [-0.2, 0) is 0 Å². The molecule has 0 aliphatic rings. The predicted molar refractivity (Wildman–Crippen MR) is 70.6 cm³/mol. The molecule has 0 aliphatic carbocycles. The van der Waals surface area contributed by atoms with Gasteiger partial charge < -0.3 is 10.5 Å². The van der Waals surface area contributed by atoms with E-state index in [4.69, 9.17) is 16.9 Å². The lowest BCUT2D eigenvalue weighted by atomic mass is 10.0. The van der Waals surface area contributed by atoms with Crippen LogP contribution >= 0.6 is 0 Å². The highest BCUT2D eigenvalue weighted by Crippen LogP contribution is 2.26. The molecule has 0 fully saturated rings. The minimum absolute atomic E-state index is 0.285. The molecular formula is C15H13NO. The van der Waals surface area contributed by atoms with Crippen LogP contribution in [0.5, 0.6) is 5.75 Å². The van der Waals surface area contributed by atoms with Gasteiger partial charge in [0.2, 0.25) is 0 Å². The van der Waals surface area contributed by atoms with E-state index in [-0.39, 0.29) is 6.61 Å². The summed E-state index contributed by atoms with van der Waals surface area (Å²) in [5.74, 6) is 3.19. The molecule has 2 N–H and O–H groups in total. The minimum atomic E-state index is 0.285. The molecular weight excluding hydrogens is 210 g/mol. The quantitative estimate of drug-likeness (QED) is 0.641. The number of nitrogen functional groups attached to an aromatic ring is 1. The Labute approximate surface area is 101 Å². The lowest BCUT2D eigenvalue weighted by Gasteiger charge is -2.07. The summed E-state index contributed by atoms with van der Waals surface area (Å²) in [5, 5.41) is 0. The van der Waals surface area contributed by atoms with Crippen molar-refractivity contribution in [2.45, 2.75) is 0 Å². The standard InChI is InChI=1S/C15H13NO/c1-2-11-17-13-9-7-12(8-10-13)14-5-3-4-6-15(14)16/h1,3-10H,11,16H2. The van der Waals surface area contributed by atoms with E-state index in [1.165, 1.54) is 0 Å². The topological polar surface area (TPSA) is 35.2 Å². The van der Waals surface area contributed by atoms with Gasteiger partial charge in [-0.1, -0.05) is 36.3 Å². The fourth-order valence-electron chi connectivity index (χ4n) is 1.62. The Morgan fingerprint density at radius 3 is 2.41 bits per heavy atom. The van der Waals surface area contributed by atoms with Crippen LogP contribution in [0.3, 0.4) is 0 Å². The van der Waals surface area contributed by atoms with E-state index in [1.807, 2.05) is 48.5 Å². The lowest BCUT2D eigenvalue weighted by molar-refractivity contribution is 0.370. The molecule has 0 aliphatic heterocycles. The van der Waals surface area contributed by atoms with Crippen molar-refractivity contribution in [1.29, 1.82) is 0 Å². The van der Waals surface area contributed by atoms with Gasteiger partial charge in [0, 0.05) is 11.3 Å². The van der Waals surface area contributed by atoms with Crippen LogP contribution in [0.1, 0.15) is 0 Å². The van der Waals surface area contributed by atoms with Crippen molar-refractivity contribution < 1.29 is 4.74 Å². The first kappa shape index (κ1) is 11.1. The first-order valence-corrected chi connectivity index (χ1v) is 5.32. The number of anilines is 1. The minimum Gasteiger partial charge on any atom is -0.481 e. The third kappa shape index (κ3) is 2.59. The van der Waals surface area contributed by atoms with Crippen LogP contribution in [0.15, 0.2) is 48.5 Å². The second-order valence-electron chi connectivity index (χ2n) is 3.60. The SMILES string of the molecule is C#CCOc1ccc(-c2ccccc2N)cc1. The summed E-state index contributed by atoms with van der Waals surface area (Å²) in [6, 6.07) is 15.5. The summed E-state index contributed by atoms with van der Waals surface area (Å²) in [4.78, 5) is 0. The summed E-state index contributed by atoms with van der Waals surface area (Å²) in [7, 11) is 0. The highest BCUT2D eigenvalue weighted by Gasteiger charge is 2.01. The molecule has 0 spiro atoms. The Hall–Kier alpha value is -2.40. The summed E-state index contributed by atoms with van der Waals surface area (Å²) >= 11 is 0. The molecule has 0 heterocycles. The van der Waals surface area contributed by atoms with Gasteiger partial charge >= 0.3 is 0 Å². The Kier molecular flexibility index (Phi) is 3.32. The maximum atomic E-state index is 5.91. The number of hydrogen-bond acceptors (Lipinski definition) is 2. The maximum absolute atomic E-state index is 5.91. The monoisotopic (exact) mass is 223 g/mol. The average Bonchev–Trinajstić information content (AvgIpc) is 2.38. The molecule has 84 valence electrons. The van der Waals surface area contributed by atoms with Crippen LogP contribution in [0.25, 0.3) is 11.1 Å². The fourth-order valence-corrected chi connectivity index (χ4v) is 1.62. The molecule has 17 heavy (non-hydrogen) atoms. The average molecular weight is 223 g/mol. The third-order valence-corrected chi connectivity index (χ3v) is 2.45. The first-order chi connectivity index (χ1) is 8.31. The van der Waals surface area contributed by atoms with E-state index < -0.39 is 0 Å². The van der Waals surface area contributed by atoms with Crippen molar-refractivity contribution >= 4 is 5.69 Å². The van der Waals surface area contributed by atoms with Gasteiger partial charge in [0.1, 0.15) is 12.4 Å². The van der Waals surface area contributed by atoms with Crippen LogP contribution in [0, 0.1) is 12.3 Å². The molecule has 0 saturated carbocycles. The van der Waals surface area contributed by atoms with Crippen LogP contribution in [0.2, 0.25) is 0 Å². The number of nitrogens with two attached hydrogens (primary N) is 1. The number of rotatable bonds is 3. The number of para-hydroxylation sites is 1. The molecule has 0 amide bonds. The molecule has 2 aromatic rings. The van der Waals surface area contributed by atoms with Gasteiger partial charge in [0.15, 0.2) is 0 Å². The predicted octanol–water partition coefficient (Wildman–Crippen LogP) is 2.95. The normalized spacial score (nSPS) is 9.59. The molecule has 2 aromatic carbocycles. The van der Waals surface area contributed by atoms with Crippen LogP contribution in [-0.4, -0.2) is 6.61 Å². The lowest BCUT2D eigenvalue weighted by Crippen LogP contribution is -1.93. The molecule has 2 heteroatoms. The van der Waals surface area contributed by atoms with Crippen LogP contribution < -0.4 is 10.5 Å². The number of ether oxygens (including phenoxy) is 1. The Balaban J connectivity index is 2.24. The Morgan fingerprint density at radius 2 is 1.76 bits per heavy atom. The third-order valence-electron chi connectivity index (χ3n) is 2.45. The van der Waals surface area contributed by atoms with Crippen molar-refractivity contribution in [2.24, 2.45) is 0 Å². The van der Waals surface area contributed by atoms with Gasteiger partial charge in [0.25, 0.3) is 0 Å². The van der Waals surface area contributed by atoms with Gasteiger partial charge in [-0.15, -0.1) is 6.42 Å². The van der Waals surface area contributed by atoms with Crippen molar-refractivity contribution in [3.8, 4) is 29.2 Å². The zero-order valence-corrected chi connectivity index (χ0v) is 9.39. The van der Waals surface area contributed by atoms with Gasteiger partial charge in [-0.05, 0) is 23.8 Å². The summed E-state index contributed by atoms with van der Waals surface area (Å²) in [6.45, 7) is 0.285. The van der Waals surface area contributed by atoms with Gasteiger partial charge in [-0.3, -0.25) is 0 Å². The van der Waals surface area contributed by atoms with E-state index in [0.717, 1.165) is 22.6 Å². The first-order valence-electron chi connectivity index (χ1n) is 5.32.